The van der Waals surface area contributed by atoms with E-state index in [9.17, 15) is 9.90 Å². The van der Waals surface area contributed by atoms with Gasteiger partial charge in [0, 0.05) is 19.0 Å². The summed E-state index contributed by atoms with van der Waals surface area (Å²) in [5.41, 5.74) is 0. The molecule has 1 aliphatic heterocycles. The largest absolute Gasteiger partial charge is 0.394 e. The molecule has 3 atom stereocenters. The van der Waals surface area contributed by atoms with Gasteiger partial charge in [-0.25, -0.2) is 0 Å². The van der Waals surface area contributed by atoms with Crippen molar-refractivity contribution >= 4 is 5.91 Å². The zero-order chi connectivity index (χ0) is 19.2. The maximum absolute atomic E-state index is 12.4. The SMILES string of the molecule is CCCCCC(CCCC)NCCCCCC(=O)N1CC(C)C[C@H]1CO. The highest BCUT2D eigenvalue weighted by atomic mass is 16.3. The lowest BCUT2D eigenvalue weighted by Gasteiger charge is -2.23. The molecule has 1 amide bonds. The Morgan fingerprint density at radius 2 is 1.81 bits per heavy atom. The topological polar surface area (TPSA) is 52.6 Å². The van der Waals surface area contributed by atoms with Crippen LogP contribution in [0.2, 0.25) is 0 Å². The number of unbranched alkanes of at least 4 members (excludes halogenated alkanes) is 5. The fourth-order valence-corrected chi connectivity index (χ4v) is 4.10. The van der Waals surface area contributed by atoms with Gasteiger partial charge >= 0.3 is 0 Å². The summed E-state index contributed by atoms with van der Waals surface area (Å²) in [6.45, 7) is 8.70. The van der Waals surface area contributed by atoms with Gasteiger partial charge in [0.15, 0.2) is 0 Å². The number of nitrogens with zero attached hydrogens (tertiary/aromatic N) is 1. The van der Waals surface area contributed by atoms with Crippen LogP contribution in [0.1, 0.15) is 97.8 Å². The van der Waals surface area contributed by atoms with E-state index in [1.165, 1.54) is 44.9 Å². The average Bonchev–Trinajstić information content (AvgIpc) is 3.02. The Hall–Kier alpha value is -0.610. The molecule has 0 aliphatic carbocycles. The molecular formula is C22H44N2O2. The molecule has 0 aromatic rings. The third kappa shape index (κ3) is 9.36. The fraction of sp³-hybridized carbons (Fsp3) is 0.955. The molecule has 1 heterocycles. The number of hydrogen-bond donors (Lipinski definition) is 2. The first-order valence-corrected chi connectivity index (χ1v) is 11.3. The highest BCUT2D eigenvalue weighted by molar-refractivity contribution is 5.76. The fourth-order valence-electron chi connectivity index (χ4n) is 4.10. The molecule has 0 spiro atoms. The maximum atomic E-state index is 12.4. The number of carbonyl (C=O) groups is 1. The average molecular weight is 369 g/mol. The molecule has 26 heavy (non-hydrogen) atoms. The maximum Gasteiger partial charge on any atom is 0.222 e. The first-order valence-electron chi connectivity index (χ1n) is 11.3. The standard InChI is InChI=1S/C22H44N2O2/c1-4-6-9-13-20(12-7-5-2)23-15-11-8-10-14-22(26)24-17-19(3)16-21(24)18-25/h19-21,23,25H,4-18H2,1-3H3/t19?,20?,21-/m0/s1. The molecule has 1 fully saturated rings. The van der Waals surface area contributed by atoms with Gasteiger partial charge in [-0.2, -0.15) is 0 Å². The smallest absolute Gasteiger partial charge is 0.222 e. The van der Waals surface area contributed by atoms with Crippen LogP contribution in [-0.4, -0.2) is 47.7 Å². The van der Waals surface area contributed by atoms with Crippen molar-refractivity contribution in [2.24, 2.45) is 5.92 Å². The van der Waals surface area contributed by atoms with Gasteiger partial charge in [-0.15, -0.1) is 0 Å². The van der Waals surface area contributed by atoms with Crippen LogP contribution in [0.4, 0.5) is 0 Å². The van der Waals surface area contributed by atoms with Crippen LogP contribution in [0.5, 0.6) is 0 Å². The van der Waals surface area contributed by atoms with E-state index in [0.29, 0.717) is 18.4 Å². The van der Waals surface area contributed by atoms with E-state index in [1.54, 1.807) is 0 Å². The lowest BCUT2D eigenvalue weighted by Crippen LogP contribution is -2.37. The normalized spacial score (nSPS) is 21.3. The van der Waals surface area contributed by atoms with Crippen molar-refractivity contribution < 1.29 is 9.90 Å². The summed E-state index contributed by atoms with van der Waals surface area (Å²) in [6, 6.07) is 0.737. The number of hydrogen-bond acceptors (Lipinski definition) is 3. The van der Waals surface area contributed by atoms with Crippen LogP contribution < -0.4 is 5.32 Å². The lowest BCUT2D eigenvalue weighted by atomic mass is 10.0. The molecule has 0 bridgehead atoms. The number of aliphatic hydroxyl groups is 1. The number of amides is 1. The predicted octanol–water partition coefficient (Wildman–Crippen LogP) is 4.50. The van der Waals surface area contributed by atoms with Crippen LogP contribution >= 0.6 is 0 Å². The number of nitrogens with one attached hydrogen (secondary N) is 1. The minimum Gasteiger partial charge on any atom is -0.394 e. The Kier molecular flexibility index (Phi) is 13.0. The summed E-state index contributed by atoms with van der Waals surface area (Å²) in [5.74, 6) is 0.759. The number of aliphatic hydroxyl groups excluding tert-OH is 1. The van der Waals surface area contributed by atoms with Crippen LogP contribution in [0, 0.1) is 5.92 Å². The molecule has 1 saturated heterocycles. The molecule has 2 N–H and O–H groups in total. The van der Waals surface area contributed by atoms with E-state index in [-0.39, 0.29) is 18.6 Å². The highest BCUT2D eigenvalue weighted by Gasteiger charge is 2.31. The van der Waals surface area contributed by atoms with Crippen LogP contribution in [0.15, 0.2) is 0 Å². The van der Waals surface area contributed by atoms with E-state index in [4.69, 9.17) is 0 Å². The third-order valence-corrected chi connectivity index (χ3v) is 5.72. The summed E-state index contributed by atoms with van der Waals surface area (Å²) >= 11 is 0. The molecule has 4 heteroatoms. The van der Waals surface area contributed by atoms with Crippen LogP contribution in [0.3, 0.4) is 0 Å². The Bertz CT molecular complexity index is 362. The Morgan fingerprint density at radius 1 is 1.08 bits per heavy atom. The summed E-state index contributed by atoms with van der Waals surface area (Å²) in [5, 5.41) is 13.2. The van der Waals surface area contributed by atoms with Gasteiger partial charge < -0.3 is 15.3 Å². The summed E-state index contributed by atoms with van der Waals surface area (Å²) in [4.78, 5) is 14.3. The lowest BCUT2D eigenvalue weighted by molar-refractivity contribution is -0.132. The number of likely N-dealkylation sites (tertiary alicyclic amines) is 1. The molecule has 1 rings (SSSR count). The summed E-state index contributed by atoms with van der Waals surface area (Å²) in [7, 11) is 0. The minimum absolute atomic E-state index is 0.0570. The number of rotatable bonds is 15. The Labute approximate surface area is 162 Å². The van der Waals surface area contributed by atoms with Gasteiger partial charge in [0.2, 0.25) is 5.91 Å². The van der Waals surface area contributed by atoms with Crippen molar-refractivity contribution in [2.45, 2.75) is 110 Å². The zero-order valence-corrected chi connectivity index (χ0v) is 17.6. The molecule has 0 aromatic heterocycles. The van der Waals surface area contributed by atoms with Gasteiger partial charge in [-0.1, -0.05) is 59.3 Å². The van der Waals surface area contributed by atoms with E-state index in [1.807, 2.05) is 4.90 Å². The Morgan fingerprint density at radius 3 is 2.50 bits per heavy atom. The van der Waals surface area contributed by atoms with Crippen LogP contribution in [0.25, 0.3) is 0 Å². The molecule has 0 aromatic carbocycles. The molecule has 0 saturated carbocycles. The van der Waals surface area contributed by atoms with Gasteiger partial charge in [0.25, 0.3) is 0 Å². The second-order valence-electron chi connectivity index (χ2n) is 8.32. The molecule has 0 radical (unpaired) electrons. The van der Waals surface area contributed by atoms with E-state index in [2.05, 4.69) is 26.1 Å². The molecule has 154 valence electrons. The minimum atomic E-state index is 0.0570. The second kappa shape index (κ2) is 14.4. The van der Waals surface area contributed by atoms with E-state index < -0.39 is 0 Å². The van der Waals surface area contributed by atoms with Gasteiger partial charge in [0.05, 0.1) is 12.6 Å². The summed E-state index contributed by atoms with van der Waals surface area (Å²) < 4.78 is 0. The molecule has 2 unspecified atom stereocenters. The second-order valence-corrected chi connectivity index (χ2v) is 8.32. The Balaban J connectivity index is 2.13. The molecule has 1 aliphatic rings. The first-order chi connectivity index (χ1) is 12.6. The van der Waals surface area contributed by atoms with Crippen molar-refractivity contribution in [1.29, 1.82) is 0 Å². The highest BCUT2D eigenvalue weighted by Crippen LogP contribution is 2.23. The summed E-state index contributed by atoms with van der Waals surface area (Å²) in [6.07, 6.45) is 14.0. The quantitative estimate of drug-likeness (QED) is 0.418. The molecule has 4 nitrogen and oxygen atoms in total. The monoisotopic (exact) mass is 368 g/mol. The van der Waals surface area contributed by atoms with Crippen molar-refractivity contribution in [1.82, 2.24) is 10.2 Å². The van der Waals surface area contributed by atoms with E-state index in [0.717, 1.165) is 38.8 Å². The zero-order valence-electron chi connectivity index (χ0n) is 17.6. The number of carbonyl (C=O) groups excluding carboxylic acids is 1. The van der Waals surface area contributed by atoms with Gasteiger partial charge in [0.1, 0.15) is 0 Å². The van der Waals surface area contributed by atoms with Gasteiger partial charge in [-0.3, -0.25) is 4.79 Å². The first kappa shape index (κ1) is 23.4. The van der Waals surface area contributed by atoms with Crippen molar-refractivity contribution in [3.05, 3.63) is 0 Å². The van der Waals surface area contributed by atoms with Crippen LogP contribution in [-0.2, 0) is 4.79 Å². The predicted molar refractivity (Wildman–Crippen MR) is 110 cm³/mol. The van der Waals surface area contributed by atoms with E-state index >= 15 is 0 Å². The third-order valence-electron chi connectivity index (χ3n) is 5.72. The van der Waals surface area contributed by atoms with Crippen molar-refractivity contribution in [3.63, 3.8) is 0 Å². The van der Waals surface area contributed by atoms with Crippen molar-refractivity contribution in [3.8, 4) is 0 Å². The molecular weight excluding hydrogens is 324 g/mol. The van der Waals surface area contributed by atoms with Gasteiger partial charge in [-0.05, 0) is 44.6 Å². The van der Waals surface area contributed by atoms with Crippen molar-refractivity contribution in [2.75, 3.05) is 19.7 Å².